The minimum absolute atomic E-state index is 0.126. The lowest BCUT2D eigenvalue weighted by Gasteiger charge is -2.20. The number of quaternary nitrogens is 1. The molecule has 0 atom stereocenters. The maximum atomic E-state index is 10.4. The Labute approximate surface area is 211 Å². The van der Waals surface area contributed by atoms with Crippen LogP contribution in [0.5, 0.6) is 0 Å². The SMILES string of the molecule is CCCCCCCCCCCCCCCCCC[NH+](CCO)CCO.CCOP(=O)([O-])OCC. The summed E-state index contributed by atoms with van der Waals surface area (Å²) in [5, 5.41) is 18.0. The molecule has 0 unspecified atom stereocenters. The van der Waals surface area contributed by atoms with Gasteiger partial charge in [0.15, 0.2) is 0 Å². The summed E-state index contributed by atoms with van der Waals surface area (Å²) in [6.07, 6.45) is 22.4. The summed E-state index contributed by atoms with van der Waals surface area (Å²) < 4.78 is 18.9. The van der Waals surface area contributed by atoms with Crippen LogP contribution in [0.4, 0.5) is 0 Å². The molecule has 0 aromatic rings. The van der Waals surface area contributed by atoms with Gasteiger partial charge in [-0.05, 0) is 26.7 Å². The highest BCUT2D eigenvalue weighted by molar-refractivity contribution is 7.45. The zero-order valence-corrected chi connectivity index (χ0v) is 23.6. The predicted molar refractivity (Wildman–Crippen MR) is 140 cm³/mol. The zero-order chi connectivity index (χ0) is 25.8. The van der Waals surface area contributed by atoms with Crippen LogP contribution in [-0.2, 0) is 13.6 Å². The summed E-state index contributed by atoms with van der Waals surface area (Å²) in [7, 11) is -3.94. The van der Waals surface area contributed by atoms with Crippen LogP contribution in [-0.4, -0.2) is 56.3 Å². The fraction of sp³-hybridized carbons (Fsp3) is 1.00. The van der Waals surface area contributed by atoms with Crippen molar-refractivity contribution in [3.8, 4) is 0 Å². The van der Waals surface area contributed by atoms with Crippen molar-refractivity contribution in [1.29, 1.82) is 0 Å². The Kier molecular flexibility index (Phi) is 31.1. The highest BCUT2D eigenvalue weighted by atomic mass is 31.2. The first-order valence-electron chi connectivity index (χ1n) is 14.1. The third kappa shape index (κ3) is 30.0. The van der Waals surface area contributed by atoms with E-state index < -0.39 is 7.82 Å². The average Bonchev–Trinajstić information content (AvgIpc) is 2.79. The second kappa shape index (κ2) is 29.2. The molecule has 0 bridgehead atoms. The van der Waals surface area contributed by atoms with E-state index in [1.165, 1.54) is 108 Å². The Balaban J connectivity index is 0. The highest BCUT2D eigenvalue weighted by Gasteiger charge is 2.06. The summed E-state index contributed by atoms with van der Waals surface area (Å²) in [5.74, 6) is 0. The molecule has 0 amide bonds. The van der Waals surface area contributed by atoms with Crippen LogP contribution in [0.3, 0.4) is 0 Å². The van der Waals surface area contributed by atoms with Crippen LogP contribution >= 0.6 is 7.82 Å². The molecule has 34 heavy (non-hydrogen) atoms. The molecule has 8 heteroatoms. The van der Waals surface area contributed by atoms with Crippen molar-refractivity contribution in [3.05, 3.63) is 0 Å². The van der Waals surface area contributed by atoms with Crippen molar-refractivity contribution >= 4 is 7.82 Å². The molecule has 0 radical (unpaired) electrons. The maximum absolute atomic E-state index is 10.4. The van der Waals surface area contributed by atoms with Crippen molar-refractivity contribution in [2.24, 2.45) is 0 Å². The van der Waals surface area contributed by atoms with Gasteiger partial charge in [0, 0.05) is 0 Å². The molecule has 0 fully saturated rings. The van der Waals surface area contributed by atoms with Crippen LogP contribution in [0.2, 0.25) is 0 Å². The standard InChI is InChI=1S/C22H47NO2.C4H11O4P/c1-2-3-4-5-6-7-8-9-10-11-12-13-14-15-16-17-18-23(19-21-24)20-22-25;1-3-7-9(5,6)8-4-2/h24-25H,2-22H2,1H3;3-4H2,1-2H3,(H,5,6). The quantitative estimate of drug-likeness (QED) is 0.122. The fourth-order valence-corrected chi connectivity index (χ4v) is 4.67. The van der Waals surface area contributed by atoms with Gasteiger partial charge >= 0.3 is 0 Å². The largest absolute Gasteiger partial charge is 0.756 e. The molecule has 0 aromatic heterocycles. The van der Waals surface area contributed by atoms with Gasteiger partial charge in [-0.1, -0.05) is 96.8 Å². The summed E-state index contributed by atoms with van der Waals surface area (Å²) in [4.78, 5) is 11.8. The van der Waals surface area contributed by atoms with E-state index in [0.29, 0.717) is 0 Å². The first-order valence-corrected chi connectivity index (χ1v) is 15.6. The van der Waals surface area contributed by atoms with E-state index >= 15 is 0 Å². The van der Waals surface area contributed by atoms with E-state index in [1.54, 1.807) is 13.8 Å². The van der Waals surface area contributed by atoms with Gasteiger partial charge in [-0.3, -0.25) is 4.57 Å². The van der Waals surface area contributed by atoms with Crippen molar-refractivity contribution < 1.29 is 33.6 Å². The second-order valence-electron chi connectivity index (χ2n) is 9.03. The van der Waals surface area contributed by atoms with E-state index in [1.807, 2.05) is 0 Å². The van der Waals surface area contributed by atoms with Crippen LogP contribution in [0.1, 0.15) is 124 Å². The van der Waals surface area contributed by atoms with Gasteiger partial charge in [0.25, 0.3) is 7.82 Å². The van der Waals surface area contributed by atoms with Crippen molar-refractivity contribution in [3.63, 3.8) is 0 Å². The number of rotatable bonds is 25. The molecule has 0 aliphatic carbocycles. The molecule has 0 heterocycles. The Morgan fingerprint density at radius 1 is 0.588 bits per heavy atom. The third-order valence-electron chi connectivity index (χ3n) is 5.89. The van der Waals surface area contributed by atoms with Crippen molar-refractivity contribution in [2.75, 3.05) is 46.1 Å². The average molecular weight is 512 g/mol. The minimum atomic E-state index is -3.94. The van der Waals surface area contributed by atoms with Crippen LogP contribution < -0.4 is 9.79 Å². The normalized spacial score (nSPS) is 11.6. The molecule has 0 rings (SSSR count). The maximum Gasteiger partial charge on any atom is 0.267 e. The van der Waals surface area contributed by atoms with Crippen LogP contribution in [0.25, 0.3) is 0 Å². The van der Waals surface area contributed by atoms with Gasteiger partial charge in [-0.15, -0.1) is 0 Å². The van der Waals surface area contributed by atoms with Crippen LogP contribution in [0.15, 0.2) is 0 Å². The smallest absolute Gasteiger partial charge is 0.267 e. The van der Waals surface area contributed by atoms with Gasteiger partial charge in [0.1, 0.15) is 13.1 Å². The van der Waals surface area contributed by atoms with Crippen molar-refractivity contribution in [2.45, 2.75) is 124 Å². The summed E-state index contributed by atoms with van der Waals surface area (Å²) in [6, 6.07) is 0. The summed E-state index contributed by atoms with van der Waals surface area (Å²) >= 11 is 0. The van der Waals surface area contributed by atoms with Gasteiger partial charge in [-0.25, -0.2) is 0 Å². The number of phosphoric acid groups is 1. The molecule has 0 spiro atoms. The topological polar surface area (TPSA) is 103 Å². The van der Waals surface area contributed by atoms with Crippen molar-refractivity contribution in [1.82, 2.24) is 0 Å². The van der Waals surface area contributed by atoms with E-state index in [-0.39, 0.29) is 26.4 Å². The number of aliphatic hydroxyl groups is 2. The molecule has 0 aliphatic rings. The number of hydrogen-bond acceptors (Lipinski definition) is 6. The zero-order valence-electron chi connectivity index (χ0n) is 22.7. The Bertz CT molecular complexity index is 412. The molecule has 0 saturated heterocycles. The third-order valence-corrected chi connectivity index (χ3v) is 7.04. The summed E-state index contributed by atoms with van der Waals surface area (Å²) in [6.45, 7) is 8.82. The highest BCUT2D eigenvalue weighted by Crippen LogP contribution is 2.37. The van der Waals surface area contributed by atoms with E-state index in [4.69, 9.17) is 10.2 Å². The molecular weight excluding hydrogens is 453 g/mol. The molecular formula is C26H58NO6P. The molecule has 3 N–H and O–H groups in total. The van der Waals surface area contributed by atoms with E-state index in [2.05, 4.69) is 16.0 Å². The molecule has 0 aromatic carbocycles. The molecule has 208 valence electrons. The Morgan fingerprint density at radius 2 is 0.912 bits per heavy atom. The van der Waals surface area contributed by atoms with Gasteiger partial charge in [-0.2, -0.15) is 0 Å². The first-order chi connectivity index (χ1) is 16.5. The summed E-state index contributed by atoms with van der Waals surface area (Å²) in [5.41, 5.74) is 0. The lowest BCUT2D eigenvalue weighted by Crippen LogP contribution is -3.13. The number of hydrogen-bond donors (Lipinski definition) is 3. The van der Waals surface area contributed by atoms with E-state index in [9.17, 15) is 9.46 Å². The Hall–Kier alpha value is -0.0100. The molecule has 0 aliphatic heterocycles. The first kappa shape index (κ1) is 36.1. The number of phosphoric ester groups is 1. The lowest BCUT2D eigenvalue weighted by molar-refractivity contribution is -0.901. The van der Waals surface area contributed by atoms with Gasteiger partial charge in [0.05, 0.1) is 33.0 Å². The minimum Gasteiger partial charge on any atom is -0.756 e. The molecule has 0 saturated carbocycles. The fourth-order valence-electron chi connectivity index (χ4n) is 3.97. The van der Waals surface area contributed by atoms with Gasteiger partial charge < -0.3 is 29.1 Å². The van der Waals surface area contributed by atoms with Gasteiger partial charge in [0.2, 0.25) is 0 Å². The predicted octanol–water partition coefficient (Wildman–Crippen LogP) is 4.65. The Morgan fingerprint density at radius 3 is 1.21 bits per heavy atom. The lowest BCUT2D eigenvalue weighted by atomic mass is 10.0. The second-order valence-corrected chi connectivity index (χ2v) is 10.4. The molecule has 7 nitrogen and oxygen atoms in total. The number of unbranched alkanes of at least 4 members (excludes halogenated alkanes) is 15. The van der Waals surface area contributed by atoms with Crippen LogP contribution in [0, 0.1) is 0 Å². The number of aliphatic hydroxyl groups excluding tert-OH is 2. The number of nitrogens with one attached hydrogen (secondary N) is 1. The van der Waals surface area contributed by atoms with E-state index in [0.717, 1.165) is 19.6 Å². The monoisotopic (exact) mass is 511 g/mol.